The Labute approximate surface area is 91.7 Å². The number of likely N-dealkylation sites (N-methyl/N-ethyl adjacent to an activating group) is 1. The van der Waals surface area contributed by atoms with Crippen molar-refractivity contribution in [2.75, 3.05) is 7.05 Å². The minimum atomic E-state index is 0.139. The van der Waals surface area contributed by atoms with Crippen molar-refractivity contribution in [2.45, 2.75) is 51.5 Å². The molecule has 3 heteroatoms. The molecule has 0 atom stereocenters. The van der Waals surface area contributed by atoms with Crippen LogP contribution in [0.5, 0.6) is 0 Å². The second-order valence-corrected chi connectivity index (χ2v) is 5.15. The van der Waals surface area contributed by atoms with Crippen LogP contribution in [0, 0.1) is 0 Å². The van der Waals surface area contributed by atoms with E-state index in [-0.39, 0.29) is 5.54 Å². The average molecular weight is 207 g/mol. The second kappa shape index (κ2) is 3.97. The van der Waals surface area contributed by atoms with Crippen molar-refractivity contribution in [1.82, 2.24) is 15.5 Å². The molecule has 84 valence electrons. The molecule has 1 aliphatic carbocycles. The Morgan fingerprint density at radius 2 is 2.07 bits per heavy atom. The third kappa shape index (κ3) is 2.23. The Bertz CT molecular complexity index is 339. The van der Waals surface area contributed by atoms with Gasteiger partial charge in [0.15, 0.2) is 0 Å². The first-order valence-electron chi connectivity index (χ1n) is 5.86. The van der Waals surface area contributed by atoms with Gasteiger partial charge in [-0.1, -0.05) is 0 Å². The van der Waals surface area contributed by atoms with Crippen LogP contribution in [-0.2, 0) is 19.3 Å². The summed E-state index contributed by atoms with van der Waals surface area (Å²) >= 11 is 0. The van der Waals surface area contributed by atoms with Gasteiger partial charge in [-0.2, -0.15) is 5.10 Å². The van der Waals surface area contributed by atoms with E-state index in [1.54, 1.807) is 0 Å². The van der Waals surface area contributed by atoms with E-state index in [0.29, 0.717) is 0 Å². The molecule has 1 aromatic heterocycles. The van der Waals surface area contributed by atoms with Gasteiger partial charge < -0.3 is 5.32 Å². The Kier molecular flexibility index (Phi) is 2.83. The minimum absolute atomic E-state index is 0.139. The molecule has 0 amide bonds. The number of hydrogen-bond donors (Lipinski definition) is 2. The van der Waals surface area contributed by atoms with Gasteiger partial charge in [0, 0.05) is 17.7 Å². The van der Waals surface area contributed by atoms with Crippen LogP contribution in [0.2, 0.25) is 0 Å². The Hall–Kier alpha value is -0.830. The molecule has 0 saturated carbocycles. The van der Waals surface area contributed by atoms with Crippen LogP contribution in [0.3, 0.4) is 0 Å². The fourth-order valence-corrected chi connectivity index (χ4v) is 2.20. The number of hydrogen-bond acceptors (Lipinski definition) is 2. The number of fused-ring (bicyclic) bond motifs is 1. The zero-order chi connectivity index (χ0) is 10.9. The summed E-state index contributed by atoms with van der Waals surface area (Å²) in [7, 11) is 2.01. The van der Waals surface area contributed by atoms with Crippen LogP contribution >= 0.6 is 0 Å². The van der Waals surface area contributed by atoms with Crippen molar-refractivity contribution < 1.29 is 0 Å². The highest BCUT2D eigenvalue weighted by Crippen LogP contribution is 2.24. The molecule has 1 heterocycles. The summed E-state index contributed by atoms with van der Waals surface area (Å²) in [6.07, 6.45) is 6.03. The fraction of sp³-hybridized carbons (Fsp3) is 0.750. The maximum atomic E-state index is 4.47. The average Bonchev–Trinajstić information content (AvgIpc) is 2.62. The van der Waals surface area contributed by atoms with Crippen LogP contribution < -0.4 is 5.32 Å². The molecule has 0 bridgehead atoms. The molecule has 0 aromatic carbocycles. The standard InChI is InChI=1S/C12H21N3/c1-12(2,13-3)8-11-9-6-4-5-7-10(9)14-15-11/h13H,4-8H2,1-3H3,(H,14,15). The van der Waals surface area contributed by atoms with Gasteiger partial charge in [-0.15, -0.1) is 0 Å². The van der Waals surface area contributed by atoms with E-state index in [0.717, 1.165) is 6.42 Å². The lowest BCUT2D eigenvalue weighted by atomic mass is 9.90. The summed E-state index contributed by atoms with van der Waals surface area (Å²) in [4.78, 5) is 0. The van der Waals surface area contributed by atoms with Crippen LogP contribution in [0.25, 0.3) is 0 Å². The molecule has 0 aliphatic heterocycles. The number of aromatic amines is 1. The number of nitrogens with zero attached hydrogens (tertiary/aromatic N) is 1. The number of rotatable bonds is 3. The van der Waals surface area contributed by atoms with E-state index < -0.39 is 0 Å². The lowest BCUT2D eigenvalue weighted by Crippen LogP contribution is -2.38. The highest BCUT2D eigenvalue weighted by Gasteiger charge is 2.22. The van der Waals surface area contributed by atoms with Crippen molar-refractivity contribution >= 4 is 0 Å². The van der Waals surface area contributed by atoms with Gasteiger partial charge in [-0.05, 0) is 52.1 Å². The maximum absolute atomic E-state index is 4.47. The monoisotopic (exact) mass is 207 g/mol. The molecule has 2 rings (SSSR count). The summed E-state index contributed by atoms with van der Waals surface area (Å²) in [6.45, 7) is 4.44. The molecular weight excluding hydrogens is 186 g/mol. The molecule has 0 radical (unpaired) electrons. The highest BCUT2D eigenvalue weighted by molar-refractivity contribution is 5.28. The Morgan fingerprint density at radius 1 is 1.33 bits per heavy atom. The van der Waals surface area contributed by atoms with Gasteiger partial charge in [-0.3, -0.25) is 5.10 Å². The SMILES string of the molecule is CNC(C)(C)Cc1n[nH]c2c1CCCC2. The van der Waals surface area contributed by atoms with Crippen LogP contribution in [0.15, 0.2) is 0 Å². The Morgan fingerprint density at radius 3 is 2.80 bits per heavy atom. The van der Waals surface area contributed by atoms with E-state index in [1.807, 2.05) is 7.05 Å². The molecule has 1 aliphatic rings. The lowest BCUT2D eigenvalue weighted by Gasteiger charge is -2.23. The van der Waals surface area contributed by atoms with Crippen LogP contribution in [0.1, 0.15) is 43.6 Å². The molecule has 0 unspecified atom stereocenters. The fourth-order valence-electron chi connectivity index (χ4n) is 2.20. The van der Waals surface area contributed by atoms with Gasteiger partial charge in [-0.25, -0.2) is 0 Å². The van der Waals surface area contributed by atoms with Crippen LogP contribution in [0.4, 0.5) is 0 Å². The first-order chi connectivity index (χ1) is 7.12. The minimum Gasteiger partial charge on any atom is -0.314 e. The predicted octanol–water partition coefficient (Wildman–Crippen LogP) is 1.83. The summed E-state index contributed by atoms with van der Waals surface area (Å²) < 4.78 is 0. The van der Waals surface area contributed by atoms with Gasteiger partial charge in [0.1, 0.15) is 0 Å². The van der Waals surface area contributed by atoms with Gasteiger partial charge in [0.25, 0.3) is 0 Å². The van der Waals surface area contributed by atoms with Gasteiger partial charge in [0.2, 0.25) is 0 Å². The van der Waals surface area contributed by atoms with E-state index in [4.69, 9.17) is 0 Å². The molecule has 15 heavy (non-hydrogen) atoms. The topological polar surface area (TPSA) is 40.7 Å². The second-order valence-electron chi connectivity index (χ2n) is 5.15. The molecule has 0 saturated heterocycles. The molecule has 3 nitrogen and oxygen atoms in total. The lowest BCUT2D eigenvalue weighted by molar-refractivity contribution is 0.416. The number of nitrogens with one attached hydrogen (secondary N) is 2. The van der Waals surface area contributed by atoms with E-state index in [9.17, 15) is 0 Å². The normalized spacial score (nSPS) is 16.5. The summed E-state index contributed by atoms with van der Waals surface area (Å²) in [5, 5.41) is 11.0. The number of aryl methyl sites for hydroxylation is 1. The molecular formula is C12H21N3. The van der Waals surface area contributed by atoms with E-state index in [1.165, 1.54) is 42.6 Å². The third-order valence-corrected chi connectivity index (χ3v) is 3.43. The van der Waals surface area contributed by atoms with Gasteiger partial charge in [0.05, 0.1) is 5.69 Å². The molecule has 1 aromatic rings. The Balaban J connectivity index is 2.19. The first-order valence-corrected chi connectivity index (χ1v) is 5.86. The zero-order valence-electron chi connectivity index (χ0n) is 9.98. The summed E-state index contributed by atoms with van der Waals surface area (Å²) in [5.41, 5.74) is 4.28. The number of aromatic nitrogens is 2. The van der Waals surface area contributed by atoms with Gasteiger partial charge >= 0.3 is 0 Å². The predicted molar refractivity (Wildman–Crippen MR) is 62.1 cm³/mol. The number of H-pyrrole nitrogens is 1. The molecule has 0 spiro atoms. The molecule has 0 fully saturated rings. The maximum Gasteiger partial charge on any atom is 0.0675 e. The van der Waals surface area contributed by atoms with Crippen molar-refractivity contribution in [2.24, 2.45) is 0 Å². The highest BCUT2D eigenvalue weighted by atomic mass is 15.1. The van der Waals surface area contributed by atoms with E-state index in [2.05, 4.69) is 29.4 Å². The largest absolute Gasteiger partial charge is 0.314 e. The van der Waals surface area contributed by atoms with Crippen molar-refractivity contribution in [3.8, 4) is 0 Å². The van der Waals surface area contributed by atoms with Crippen molar-refractivity contribution in [1.29, 1.82) is 0 Å². The molecule has 2 N–H and O–H groups in total. The first kappa shape index (κ1) is 10.7. The summed E-state index contributed by atoms with van der Waals surface area (Å²) in [6, 6.07) is 0. The zero-order valence-corrected chi connectivity index (χ0v) is 9.98. The quantitative estimate of drug-likeness (QED) is 0.794. The van der Waals surface area contributed by atoms with Crippen molar-refractivity contribution in [3.05, 3.63) is 17.0 Å². The van der Waals surface area contributed by atoms with Crippen molar-refractivity contribution in [3.63, 3.8) is 0 Å². The smallest absolute Gasteiger partial charge is 0.0675 e. The van der Waals surface area contributed by atoms with E-state index >= 15 is 0 Å². The van der Waals surface area contributed by atoms with Crippen LogP contribution in [-0.4, -0.2) is 22.8 Å². The summed E-state index contributed by atoms with van der Waals surface area (Å²) in [5.74, 6) is 0. The third-order valence-electron chi connectivity index (χ3n) is 3.43.